The molecule has 0 amide bonds. The summed E-state index contributed by atoms with van der Waals surface area (Å²) in [6.45, 7) is 0. The van der Waals surface area contributed by atoms with Crippen LogP contribution < -0.4 is 4.72 Å². The van der Waals surface area contributed by atoms with Gasteiger partial charge in [-0.25, -0.2) is 21.8 Å². The Morgan fingerprint density at radius 3 is 2.26 bits per heavy atom. The number of nitrogens with one attached hydrogen (secondary N) is 1. The fraction of sp³-hybridized carbons (Fsp3) is 0. The largest absolute Gasteiger partial charge is 0.273 e. The van der Waals surface area contributed by atoms with Gasteiger partial charge in [-0.3, -0.25) is 4.72 Å². The standard InChI is InChI=1S/C13H10N2O4S4/c16-22(17,10-4-2-1-3-5-10)11-6-7-12(21-11)23(18,19)15-13-14-8-9-20-13/h1-9H,(H,14,15). The molecule has 6 nitrogen and oxygen atoms in total. The highest BCUT2D eigenvalue weighted by Gasteiger charge is 2.24. The minimum Gasteiger partial charge on any atom is -0.254 e. The normalized spacial score (nSPS) is 12.2. The molecule has 0 saturated carbocycles. The van der Waals surface area contributed by atoms with Gasteiger partial charge in [-0.1, -0.05) is 18.2 Å². The Morgan fingerprint density at radius 2 is 1.61 bits per heavy atom. The van der Waals surface area contributed by atoms with Gasteiger partial charge < -0.3 is 0 Å². The molecular weight excluding hydrogens is 376 g/mol. The summed E-state index contributed by atoms with van der Waals surface area (Å²) >= 11 is 1.84. The van der Waals surface area contributed by atoms with Gasteiger partial charge in [0.15, 0.2) is 5.13 Å². The highest BCUT2D eigenvalue weighted by Crippen LogP contribution is 2.31. The smallest absolute Gasteiger partial charge is 0.254 e. The molecule has 1 aromatic carbocycles. The molecule has 0 radical (unpaired) electrons. The Hall–Kier alpha value is -1.75. The van der Waals surface area contributed by atoms with Crippen LogP contribution in [-0.4, -0.2) is 21.8 Å². The minimum atomic E-state index is -3.85. The van der Waals surface area contributed by atoms with Crippen molar-refractivity contribution in [3.8, 4) is 0 Å². The van der Waals surface area contributed by atoms with Gasteiger partial charge in [-0.15, -0.1) is 22.7 Å². The fourth-order valence-electron chi connectivity index (χ4n) is 1.75. The van der Waals surface area contributed by atoms with Crippen LogP contribution in [0.15, 0.2) is 67.4 Å². The van der Waals surface area contributed by atoms with E-state index in [0.29, 0.717) is 11.3 Å². The van der Waals surface area contributed by atoms with Crippen molar-refractivity contribution in [1.29, 1.82) is 0 Å². The summed E-state index contributed by atoms with van der Waals surface area (Å²) in [5, 5.41) is 1.86. The predicted octanol–water partition coefficient (Wildman–Crippen LogP) is 2.84. The number of hydrogen-bond acceptors (Lipinski definition) is 7. The van der Waals surface area contributed by atoms with Crippen molar-refractivity contribution in [3.05, 3.63) is 54.0 Å². The molecule has 1 N–H and O–H groups in total. The molecule has 0 spiro atoms. The maximum absolute atomic E-state index is 12.5. The van der Waals surface area contributed by atoms with E-state index in [2.05, 4.69) is 9.71 Å². The Kier molecular flexibility index (Phi) is 4.23. The number of thiophene rings is 1. The van der Waals surface area contributed by atoms with Crippen LogP contribution in [0.4, 0.5) is 5.13 Å². The zero-order valence-electron chi connectivity index (χ0n) is 11.4. The zero-order chi connectivity index (χ0) is 16.5. The lowest BCUT2D eigenvalue weighted by Crippen LogP contribution is -2.11. The molecule has 0 aliphatic heterocycles. The Bertz CT molecular complexity index is 1010. The number of sulfone groups is 1. The molecule has 2 heterocycles. The highest BCUT2D eigenvalue weighted by molar-refractivity contribution is 7.96. The number of rotatable bonds is 5. The van der Waals surface area contributed by atoms with Crippen molar-refractivity contribution in [1.82, 2.24) is 4.98 Å². The Morgan fingerprint density at radius 1 is 0.913 bits per heavy atom. The first kappa shape index (κ1) is 16.1. The van der Waals surface area contributed by atoms with Crippen LogP contribution in [0.25, 0.3) is 0 Å². The highest BCUT2D eigenvalue weighted by atomic mass is 32.3. The number of aromatic nitrogens is 1. The molecule has 0 unspecified atom stereocenters. The predicted molar refractivity (Wildman–Crippen MR) is 89.1 cm³/mol. The van der Waals surface area contributed by atoms with Crippen molar-refractivity contribution >= 4 is 47.7 Å². The van der Waals surface area contributed by atoms with Crippen molar-refractivity contribution in [2.45, 2.75) is 13.3 Å². The third kappa shape index (κ3) is 3.29. The van der Waals surface area contributed by atoms with Crippen molar-refractivity contribution in [2.75, 3.05) is 4.72 Å². The average molecular weight is 387 g/mol. The van der Waals surface area contributed by atoms with Crippen LogP contribution in [0.5, 0.6) is 0 Å². The minimum absolute atomic E-state index is 0.0248. The van der Waals surface area contributed by atoms with Gasteiger partial charge in [0.1, 0.15) is 8.42 Å². The second-order valence-corrected chi connectivity index (χ2v) is 10.4. The van der Waals surface area contributed by atoms with Crippen LogP contribution >= 0.6 is 22.7 Å². The van der Waals surface area contributed by atoms with Gasteiger partial charge in [0.2, 0.25) is 9.84 Å². The van der Waals surface area contributed by atoms with Gasteiger partial charge in [-0.05, 0) is 24.3 Å². The van der Waals surface area contributed by atoms with E-state index in [9.17, 15) is 16.8 Å². The lowest BCUT2D eigenvalue weighted by molar-refractivity contribution is 0.597. The van der Waals surface area contributed by atoms with E-state index in [4.69, 9.17) is 0 Å². The molecule has 0 aliphatic carbocycles. The quantitative estimate of drug-likeness (QED) is 0.728. The molecule has 3 aromatic rings. The number of thiazole rings is 1. The van der Waals surface area contributed by atoms with Crippen LogP contribution in [0, 0.1) is 0 Å². The fourth-order valence-corrected chi connectivity index (χ4v) is 6.72. The first-order valence-electron chi connectivity index (χ1n) is 6.22. The average Bonchev–Trinajstić information content (AvgIpc) is 3.19. The molecule has 0 saturated heterocycles. The molecule has 2 aromatic heterocycles. The third-order valence-corrected chi connectivity index (χ3v) is 8.79. The molecule has 0 aliphatic rings. The number of benzene rings is 1. The molecule has 23 heavy (non-hydrogen) atoms. The van der Waals surface area contributed by atoms with Crippen molar-refractivity contribution < 1.29 is 16.8 Å². The van der Waals surface area contributed by atoms with E-state index in [-0.39, 0.29) is 18.4 Å². The van der Waals surface area contributed by atoms with Gasteiger partial charge in [0.25, 0.3) is 10.0 Å². The summed E-state index contributed by atoms with van der Waals surface area (Å²) in [4.78, 5) is 3.97. The summed E-state index contributed by atoms with van der Waals surface area (Å²) < 4.78 is 51.7. The molecule has 0 bridgehead atoms. The third-order valence-electron chi connectivity index (χ3n) is 2.79. The van der Waals surface area contributed by atoms with Crippen molar-refractivity contribution in [3.63, 3.8) is 0 Å². The van der Waals surface area contributed by atoms with Crippen LogP contribution in [0.1, 0.15) is 0 Å². The number of nitrogens with zero attached hydrogens (tertiary/aromatic N) is 1. The summed E-state index contributed by atoms with van der Waals surface area (Å²) in [5.41, 5.74) is 0. The van der Waals surface area contributed by atoms with E-state index in [1.807, 2.05) is 0 Å². The van der Waals surface area contributed by atoms with E-state index < -0.39 is 19.9 Å². The molecule has 10 heteroatoms. The lowest BCUT2D eigenvalue weighted by Gasteiger charge is -2.02. The van der Waals surface area contributed by atoms with Crippen LogP contribution in [-0.2, 0) is 19.9 Å². The van der Waals surface area contributed by atoms with E-state index in [1.54, 1.807) is 23.6 Å². The number of hydrogen-bond donors (Lipinski definition) is 1. The Labute approximate surface area is 141 Å². The first-order chi connectivity index (χ1) is 10.9. The SMILES string of the molecule is O=S(=O)(Nc1nccs1)c1ccc(S(=O)(=O)c2ccccc2)s1. The van der Waals surface area contributed by atoms with E-state index in [1.165, 1.54) is 30.5 Å². The van der Waals surface area contributed by atoms with Gasteiger partial charge in [-0.2, -0.15) is 0 Å². The van der Waals surface area contributed by atoms with Crippen molar-refractivity contribution in [2.24, 2.45) is 0 Å². The zero-order valence-corrected chi connectivity index (χ0v) is 14.7. The van der Waals surface area contributed by atoms with Gasteiger partial charge in [0.05, 0.1) is 4.90 Å². The van der Waals surface area contributed by atoms with Crippen LogP contribution in [0.2, 0.25) is 0 Å². The maximum Gasteiger partial charge on any atom is 0.273 e. The van der Waals surface area contributed by atoms with E-state index >= 15 is 0 Å². The monoisotopic (exact) mass is 386 g/mol. The second kappa shape index (κ2) is 6.04. The summed E-state index contributed by atoms with van der Waals surface area (Å²) in [6, 6.07) is 10.4. The number of sulfonamides is 1. The van der Waals surface area contributed by atoms with Crippen LogP contribution in [0.3, 0.4) is 0 Å². The molecule has 0 atom stereocenters. The molecule has 120 valence electrons. The number of anilines is 1. The summed E-state index contributed by atoms with van der Waals surface area (Å²) in [5.74, 6) is 0. The molecule has 0 fully saturated rings. The van der Waals surface area contributed by atoms with Gasteiger partial charge in [0, 0.05) is 11.6 Å². The van der Waals surface area contributed by atoms with Gasteiger partial charge >= 0.3 is 0 Å². The maximum atomic E-state index is 12.5. The Balaban J connectivity index is 1.95. The molecule has 3 rings (SSSR count). The second-order valence-electron chi connectivity index (χ2n) is 4.33. The lowest BCUT2D eigenvalue weighted by atomic mass is 10.4. The first-order valence-corrected chi connectivity index (χ1v) is 10.9. The van der Waals surface area contributed by atoms with E-state index in [0.717, 1.165) is 11.3 Å². The summed E-state index contributed by atoms with van der Waals surface area (Å²) in [6.07, 6.45) is 1.47. The topological polar surface area (TPSA) is 93.2 Å². The summed E-state index contributed by atoms with van der Waals surface area (Å²) in [7, 11) is -7.58. The molecular formula is C13H10N2O4S4.